The Bertz CT molecular complexity index is 458. The lowest BCUT2D eigenvalue weighted by atomic mass is 10.1. The monoisotopic (exact) mass is 262 g/mol. The van der Waals surface area contributed by atoms with Gasteiger partial charge in [0, 0.05) is 18.3 Å². The van der Waals surface area contributed by atoms with Gasteiger partial charge in [-0.2, -0.15) is 5.26 Å². The number of hydrogen-bond donors (Lipinski definition) is 0. The second-order valence-electron chi connectivity index (χ2n) is 5.38. The Morgan fingerprint density at radius 2 is 2.17 bits per heavy atom. The van der Waals surface area contributed by atoms with E-state index in [0.717, 1.165) is 12.2 Å². The average Bonchev–Trinajstić information content (AvgIpc) is 3.13. The normalized spacial score (nSPS) is 14.6. The van der Waals surface area contributed by atoms with Crippen molar-refractivity contribution in [1.82, 2.24) is 0 Å². The smallest absolute Gasteiger partial charge is 0.101 e. The van der Waals surface area contributed by atoms with Crippen LogP contribution in [0.4, 0.5) is 5.69 Å². The SMILES string of the molecule is CC(C)CCN(c1ccc(C#N)c(Cl)c1)C1CC1. The van der Waals surface area contributed by atoms with Gasteiger partial charge in [-0.15, -0.1) is 0 Å². The molecule has 0 heterocycles. The number of nitrogens with zero attached hydrogens (tertiary/aromatic N) is 2. The van der Waals surface area contributed by atoms with E-state index >= 15 is 0 Å². The maximum atomic E-state index is 8.90. The van der Waals surface area contributed by atoms with Gasteiger partial charge in [-0.05, 0) is 43.4 Å². The fraction of sp³-hybridized carbons (Fsp3) is 0.533. The molecule has 1 fully saturated rings. The van der Waals surface area contributed by atoms with Crippen LogP contribution in [0.15, 0.2) is 18.2 Å². The van der Waals surface area contributed by atoms with Crippen molar-refractivity contribution >= 4 is 17.3 Å². The van der Waals surface area contributed by atoms with Gasteiger partial charge in [0.1, 0.15) is 6.07 Å². The van der Waals surface area contributed by atoms with Crippen LogP contribution >= 0.6 is 11.6 Å². The van der Waals surface area contributed by atoms with Gasteiger partial charge in [0.15, 0.2) is 0 Å². The lowest BCUT2D eigenvalue weighted by Crippen LogP contribution is -2.27. The molecule has 0 N–H and O–H groups in total. The van der Waals surface area contributed by atoms with Gasteiger partial charge in [-0.1, -0.05) is 25.4 Å². The first kappa shape index (κ1) is 13.2. The Labute approximate surface area is 114 Å². The highest BCUT2D eigenvalue weighted by Crippen LogP contribution is 2.34. The number of nitriles is 1. The number of anilines is 1. The summed E-state index contributed by atoms with van der Waals surface area (Å²) in [6, 6.07) is 8.55. The largest absolute Gasteiger partial charge is 0.368 e. The van der Waals surface area contributed by atoms with Crippen LogP contribution in [0.3, 0.4) is 0 Å². The molecule has 0 aromatic heterocycles. The molecule has 1 aromatic rings. The van der Waals surface area contributed by atoms with E-state index in [1.807, 2.05) is 18.2 Å². The topological polar surface area (TPSA) is 27.0 Å². The number of benzene rings is 1. The van der Waals surface area contributed by atoms with E-state index in [0.29, 0.717) is 22.5 Å². The van der Waals surface area contributed by atoms with Crippen molar-refractivity contribution < 1.29 is 0 Å². The van der Waals surface area contributed by atoms with Gasteiger partial charge in [0.05, 0.1) is 10.6 Å². The van der Waals surface area contributed by atoms with Gasteiger partial charge < -0.3 is 4.90 Å². The van der Waals surface area contributed by atoms with Gasteiger partial charge in [-0.25, -0.2) is 0 Å². The summed E-state index contributed by atoms with van der Waals surface area (Å²) < 4.78 is 0. The van der Waals surface area contributed by atoms with E-state index < -0.39 is 0 Å². The van der Waals surface area contributed by atoms with Crippen LogP contribution < -0.4 is 4.90 Å². The highest BCUT2D eigenvalue weighted by molar-refractivity contribution is 6.32. The van der Waals surface area contributed by atoms with E-state index in [1.165, 1.54) is 19.3 Å². The van der Waals surface area contributed by atoms with Crippen LogP contribution in [0.25, 0.3) is 0 Å². The standard InChI is InChI=1S/C15H19ClN2/c1-11(2)7-8-18(13-5-6-13)14-4-3-12(10-17)15(16)9-14/h3-4,9,11,13H,5-8H2,1-2H3. The van der Waals surface area contributed by atoms with Crippen LogP contribution in [0.5, 0.6) is 0 Å². The van der Waals surface area contributed by atoms with E-state index in [-0.39, 0.29) is 0 Å². The third-order valence-electron chi connectivity index (χ3n) is 3.34. The summed E-state index contributed by atoms with van der Waals surface area (Å²) >= 11 is 6.11. The zero-order valence-electron chi connectivity index (χ0n) is 11.0. The van der Waals surface area contributed by atoms with Gasteiger partial charge in [0.2, 0.25) is 0 Å². The van der Waals surface area contributed by atoms with E-state index in [1.54, 1.807) is 0 Å². The summed E-state index contributed by atoms with van der Waals surface area (Å²) in [5.74, 6) is 0.708. The molecule has 1 saturated carbocycles. The molecule has 1 aromatic carbocycles. The zero-order valence-corrected chi connectivity index (χ0v) is 11.7. The minimum absolute atomic E-state index is 0.556. The van der Waals surface area contributed by atoms with Crippen molar-refractivity contribution in [3.05, 3.63) is 28.8 Å². The molecule has 18 heavy (non-hydrogen) atoms. The van der Waals surface area contributed by atoms with Crippen molar-refractivity contribution in [2.75, 3.05) is 11.4 Å². The molecule has 2 rings (SSSR count). The van der Waals surface area contributed by atoms with Crippen molar-refractivity contribution in [1.29, 1.82) is 5.26 Å². The second-order valence-corrected chi connectivity index (χ2v) is 5.79. The second kappa shape index (κ2) is 5.63. The molecule has 0 bridgehead atoms. The van der Waals surface area contributed by atoms with Crippen molar-refractivity contribution in [3.63, 3.8) is 0 Å². The minimum Gasteiger partial charge on any atom is -0.368 e. The zero-order chi connectivity index (χ0) is 13.1. The van der Waals surface area contributed by atoms with Crippen LogP contribution in [-0.4, -0.2) is 12.6 Å². The quantitative estimate of drug-likeness (QED) is 0.794. The van der Waals surface area contributed by atoms with Crippen LogP contribution in [0.1, 0.15) is 38.7 Å². The summed E-state index contributed by atoms with van der Waals surface area (Å²) in [6.45, 7) is 5.57. The maximum absolute atomic E-state index is 8.90. The Hall–Kier alpha value is -1.20. The molecule has 1 aliphatic carbocycles. The molecule has 0 unspecified atom stereocenters. The first-order valence-electron chi connectivity index (χ1n) is 6.58. The van der Waals surface area contributed by atoms with Crippen molar-refractivity contribution in [3.8, 4) is 6.07 Å². The van der Waals surface area contributed by atoms with Crippen molar-refractivity contribution in [2.45, 2.75) is 39.2 Å². The van der Waals surface area contributed by atoms with E-state index in [9.17, 15) is 0 Å². The molecule has 0 amide bonds. The molecule has 0 saturated heterocycles. The lowest BCUT2D eigenvalue weighted by Gasteiger charge is -2.26. The Balaban J connectivity index is 2.15. The average molecular weight is 263 g/mol. The fourth-order valence-corrected chi connectivity index (χ4v) is 2.30. The van der Waals surface area contributed by atoms with Gasteiger partial charge >= 0.3 is 0 Å². The minimum atomic E-state index is 0.556. The summed E-state index contributed by atoms with van der Waals surface area (Å²) in [6.07, 6.45) is 3.74. The molecule has 1 aliphatic rings. The van der Waals surface area contributed by atoms with Crippen molar-refractivity contribution in [2.24, 2.45) is 5.92 Å². The lowest BCUT2D eigenvalue weighted by molar-refractivity contribution is 0.571. The molecule has 0 radical (unpaired) electrons. The molecular formula is C15H19ClN2. The summed E-state index contributed by atoms with van der Waals surface area (Å²) in [5.41, 5.74) is 1.71. The Morgan fingerprint density at radius 3 is 2.67 bits per heavy atom. The molecule has 2 nitrogen and oxygen atoms in total. The van der Waals surface area contributed by atoms with Crippen LogP contribution in [-0.2, 0) is 0 Å². The number of halogens is 1. The van der Waals surface area contributed by atoms with E-state index in [4.69, 9.17) is 16.9 Å². The molecule has 0 aliphatic heterocycles. The Kier molecular flexibility index (Phi) is 4.14. The predicted molar refractivity (Wildman–Crippen MR) is 76.0 cm³/mol. The first-order chi connectivity index (χ1) is 8.61. The maximum Gasteiger partial charge on any atom is 0.101 e. The summed E-state index contributed by atoms with van der Waals surface area (Å²) in [7, 11) is 0. The molecular weight excluding hydrogens is 244 g/mol. The van der Waals surface area contributed by atoms with Gasteiger partial charge in [-0.3, -0.25) is 0 Å². The predicted octanol–water partition coefficient (Wildman–Crippen LogP) is 4.23. The number of rotatable bonds is 5. The molecule has 96 valence electrons. The molecule has 3 heteroatoms. The highest BCUT2D eigenvalue weighted by atomic mass is 35.5. The molecule has 0 spiro atoms. The summed E-state index contributed by atoms with van der Waals surface area (Å²) in [5, 5.41) is 9.46. The van der Waals surface area contributed by atoms with Crippen LogP contribution in [0, 0.1) is 17.2 Å². The summed E-state index contributed by atoms with van der Waals surface area (Å²) in [4.78, 5) is 2.44. The van der Waals surface area contributed by atoms with Crippen LogP contribution in [0.2, 0.25) is 5.02 Å². The van der Waals surface area contributed by atoms with Gasteiger partial charge in [0.25, 0.3) is 0 Å². The molecule has 0 atom stereocenters. The highest BCUT2D eigenvalue weighted by Gasteiger charge is 2.29. The third kappa shape index (κ3) is 3.17. The Morgan fingerprint density at radius 1 is 1.44 bits per heavy atom. The first-order valence-corrected chi connectivity index (χ1v) is 6.96. The fourth-order valence-electron chi connectivity index (χ4n) is 2.08. The van der Waals surface area contributed by atoms with E-state index in [2.05, 4.69) is 24.8 Å². The third-order valence-corrected chi connectivity index (χ3v) is 3.65. The number of hydrogen-bond acceptors (Lipinski definition) is 2.